The Hall–Kier alpha value is -2.29. The molecule has 0 radical (unpaired) electrons. The zero-order valence-electron chi connectivity index (χ0n) is 16.6. The van der Waals surface area contributed by atoms with Crippen LogP contribution in [0.15, 0.2) is 28.9 Å². The van der Waals surface area contributed by atoms with Crippen LogP contribution in [-0.4, -0.2) is 11.1 Å². The first kappa shape index (κ1) is 18.5. The van der Waals surface area contributed by atoms with E-state index in [4.69, 9.17) is 9.52 Å². The van der Waals surface area contributed by atoms with E-state index in [1.165, 1.54) is 41.4 Å². The van der Waals surface area contributed by atoms with Crippen LogP contribution in [0.5, 0.6) is 0 Å². The molecule has 0 saturated carbocycles. The van der Waals surface area contributed by atoms with Gasteiger partial charge in [-0.1, -0.05) is 39.8 Å². The van der Waals surface area contributed by atoms with E-state index in [2.05, 4.69) is 53.7 Å². The number of rotatable bonds is 3. The minimum atomic E-state index is -0.972. The van der Waals surface area contributed by atoms with Gasteiger partial charge in [-0.3, -0.25) is 0 Å². The van der Waals surface area contributed by atoms with Crippen molar-refractivity contribution in [2.75, 3.05) is 0 Å². The molecule has 1 aromatic carbocycles. The zero-order valence-corrected chi connectivity index (χ0v) is 16.6. The molecule has 0 saturated heterocycles. The van der Waals surface area contributed by atoms with Gasteiger partial charge in [0.2, 0.25) is 0 Å². The number of furan rings is 1. The molecule has 1 aliphatic carbocycles. The second kappa shape index (κ2) is 6.15. The highest BCUT2D eigenvalue weighted by Gasteiger charge is 2.37. The van der Waals surface area contributed by atoms with Crippen LogP contribution in [0.25, 0.3) is 11.6 Å². The summed E-state index contributed by atoms with van der Waals surface area (Å²) in [5, 5.41) is 9.05. The predicted octanol–water partition coefficient (Wildman–Crippen LogP) is 6.20. The average molecular weight is 352 g/mol. The fourth-order valence-electron chi connectivity index (χ4n) is 3.98. The maximum Gasteiger partial charge on any atom is 0.338 e. The zero-order chi connectivity index (χ0) is 19.3. The summed E-state index contributed by atoms with van der Waals surface area (Å²) < 4.78 is 5.39. The van der Waals surface area contributed by atoms with Gasteiger partial charge in [0.25, 0.3) is 0 Å². The fraction of sp³-hybridized carbons (Fsp3) is 0.435. The summed E-state index contributed by atoms with van der Waals surface area (Å²) in [6.07, 6.45) is 5.58. The minimum Gasteiger partial charge on any atom is -0.478 e. The summed E-state index contributed by atoms with van der Waals surface area (Å²) in [5.74, 6) is -0.406. The number of aromatic carboxylic acids is 1. The first-order valence-corrected chi connectivity index (χ1v) is 9.17. The van der Waals surface area contributed by atoms with Crippen LogP contribution in [0.2, 0.25) is 0 Å². The molecule has 3 nitrogen and oxygen atoms in total. The van der Waals surface area contributed by atoms with Crippen molar-refractivity contribution in [2.45, 2.75) is 65.2 Å². The molecule has 0 spiro atoms. The van der Waals surface area contributed by atoms with Crippen molar-refractivity contribution < 1.29 is 14.3 Å². The van der Waals surface area contributed by atoms with Gasteiger partial charge in [-0.2, -0.15) is 0 Å². The molecule has 3 rings (SSSR count). The molecular weight excluding hydrogens is 324 g/mol. The summed E-state index contributed by atoms with van der Waals surface area (Å²) in [5.41, 5.74) is 6.93. The Kier molecular flexibility index (Phi) is 4.38. The Morgan fingerprint density at radius 1 is 1.08 bits per heavy atom. The molecule has 138 valence electrons. The number of carboxylic acid groups (broad SMARTS) is 1. The van der Waals surface area contributed by atoms with Crippen molar-refractivity contribution in [3.05, 3.63) is 58.0 Å². The third kappa shape index (κ3) is 3.23. The number of hydrogen-bond donors (Lipinski definition) is 1. The number of aryl methyl sites for hydroxylation is 1. The fourth-order valence-corrected chi connectivity index (χ4v) is 3.98. The first-order chi connectivity index (χ1) is 12.0. The van der Waals surface area contributed by atoms with Gasteiger partial charge in [0.15, 0.2) is 0 Å². The largest absolute Gasteiger partial charge is 0.478 e. The van der Waals surface area contributed by atoms with E-state index in [-0.39, 0.29) is 16.4 Å². The maximum absolute atomic E-state index is 11.0. The van der Waals surface area contributed by atoms with Crippen LogP contribution in [-0.2, 0) is 10.8 Å². The van der Waals surface area contributed by atoms with E-state index < -0.39 is 5.97 Å². The molecule has 1 aromatic heterocycles. The number of carbonyl (C=O) groups is 1. The van der Waals surface area contributed by atoms with E-state index >= 15 is 0 Å². The van der Waals surface area contributed by atoms with Crippen molar-refractivity contribution in [3.63, 3.8) is 0 Å². The first-order valence-electron chi connectivity index (χ1n) is 9.17. The number of fused-ring (bicyclic) bond motifs is 1. The molecule has 0 aliphatic heterocycles. The second-order valence-electron chi connectivity index (χ2n) is 8.85. The topological polar surface area (TPSA) is 50.4 Å². The lowest BCUT2D eigenvalue weighted by atomic mass is 9.62. The van der Waals surface area contributed by atoms with Gasteiger partial charge in [-0.15, -0.1) is 0 Å². The van der Waals surface area contributed by atoms with Gasteiger partial charge in [0, 0.05) is 0 Å². The van der Waals surface area contributed by atoms with Gasteiger partial charge in [-0.05, 0) is 77.5 Å². The smallest absolute Gasteiger partial charge is 0.338 e. The molecule has 0 bridgehead atoms. The molecule has 2 aromatic rings. The average Bonchev–Trinajstić information content (AvgIpc) is 3.00. The van der Waals surface area contributed by atoms with Crippen molar-refractivity contribution >= 4 is 17.6 Å². The maximum atomic E-state index is 11.0. The normalized spacial score (nSPS) is 18.5. The molecule has 0 unspecified atom stereocenters. The lowest BCUT2D eigenvalue weighted by Gasteiger charge is -2.42. The minimum absolute atomic E-state index is 0.161. The molecule has 1 N–H and O–H groups in total. The predicted molar refractivity (Wildman–Crippen MR) is 106 cm³/mol. The van der Waals surface area contributed by atoms with Crippen LogP contribution in [0.1, 0.15) is 85.8 Å². The Morgan fingerprint density at radius 3 is 2.19 bits per heavy atom. The van der Waals surface area contributed by atoms with E-state index in [0.29, 0.717) is 5.76 Å². The van der Waals surface area contributed by atoms with Gasteiger partial charge in [-0.25, -0.2) is 4.79 Å². The quantitative estimate of drug-likeness (QED) is 0.716. The Balaban J connectivity index is 2.08. The van der Waals surface area contributed by atoms with Crippen molar-refractivity contribution in [2.24, 2.45) is 0 Å². The molecule has 0 fully saturated rings. The highest BCUT2D eigenvalue weighted by Crippen LogP contribution is 2.47. The highest BCUT2D eigenvalue weighted by atomic mass is 16.4. The number of hydrogen-bond acceptors (Lipinski definition) is 2. The molecule has 3 heteroatoms. The Labute approximate surface area is 155 Å². The SMILES string of the molecule is CC(=Cc1cc(C(=O)O)co1)c1cc2c(cc1C)C(C)(C)CCC2(C)C. The van der Waals surface area contributed by atoms with Gasteiger partial charge >= 0.3 is 5.97 Å². The third-order valence-electron chi connectivity index (χ3n) is 5.85. The third-order valence-corrected chi connectivity index (χ3v) is 5.85. The van der Waals surface area contributed by atoms with Crippen LogP contribution in [0.4, 0.5) is 0 Å². The monoisotopic (exact) mass is 352 g/mol. The summed E-state index contributed by atoms with van der Waals surface area (Å²) >= 11 is 0. The van der Waals surface area contributed by atoms with E-state index in [0.717, 1.165) is 5.57 Å². The lowest BCUT2D eigenvalue weighted by molar-refractivity contribution is 0.0696. The van der Waals surface area contributed by atoms with Crippen LogP contribution >= 0.6 is 0 Å². The summed E-state index contributed by atoms with van der Waals surface area (Å²) in [6, 6.07) is 6.23. The van der Waals surface area contributed by atoms with Gasteiger partial charge in [0.1, 0.15) is 12.0 Å². The Morgan fingerprint density at radius 2 is 1.65 bits per heavy atom. The number of benzene rings is 1. The highest BCUT2D eigenvalue weighted by molar-refractivity contribution is 5.89. The molecular formula is C23H28O3. The standard InChI is InChI=1S/C23H28O3/c1-14(9-17-11-16(13-26-17)21(24)25)18-12-20-19(10-15(18)2)22(3,4)7-8-23(20,5)6/h9-13H,7-8H2,1-6H3,(H,24,25). The van der Waals surface area contributed by atoms with Crippen molar-refractivity contribution in [1.82, 2.24) is 0 Å². The van der Waals surface area contributed by atoms with Crippen molar-refractivity contribution in [1.29, 1.82) is 0 Å². The van der Waals surface area contributed by atoms with Gasteiger partial charge in [0.05, 0.1) is 5.56 Å². The van der Waals surface area contributed by atoms with Crippen LogP contribution in [0, 0.1) is 6.92 Å². The summed E-state index contributed by atoms with van der Waals surface area (Å²) in [7, 11) is 0. The molecule has 0 amide bonds. The number of carboxylic acids is 1. The van der Waals surface area contributed by atoms with Crippen LogP contribution in [0.3, 0.4) is 0 Å². The molecule has 1 aliphatic rings. The van der Waals surface area contributed by atoms with E-state index in [1.807, 2.05) is 6.08 Å². The van der Waals surface area contributed by atoms with Crippen molar-refractivity contribution in [3.8, 4) is 0 Å². The van der Waals surface area contributed by atoms with Crippen LogP contribution < -0.4 is 0 Å². The summed E-state index contributed by atoms with van der Waals surface area (Å²) in [4.78, 5) is 11.0. The molecule has 0 atom stereocenters. The lowest BCUT2D eigenvalue weighted by Crippen LogP contribution is -2.34. The number of allylic oxidation sites excluding steroid dienone is 1. The second-order valence-corrected chi connectivity index (χ2v) is 8.85. The summed E-state index contributed by atoms with van der Waals surface area (Å²) in [6.45, 7) is 13.5. The Bertz CT molecular complexity index is 894. The van der Waals surface area contributed by atoms with Gasteiger partial charge < -0.3 is 9.52 Å². The van der Waals surface area contributed by atoms with E-state index in [9.17, 15) is 4.79 Å². The van der Waals surface area contributed by atoms with E-state index in [1.54, 1.807) is 6.07 Å². The molecule has 26 heavy (non-hydrogen) atoms. The molecule has 1 heterocycles.